The molecule has 0 heterocycles. The maximum absolute atomic E-state index is 12.2. The summed E-state index contributed by atoms with van der Waals surface area (Å²) < 4.78 is 5.39. The minimum absolute atomic E-state index is 0.0956. The molecule has 116 valence electrons. The molecule has 1 aromatic carbocycles. The zero-order valence-corrected chi connectivity index (χ0v) is 13.7. The molecule has 0 bridgehead atoms. The molecule has 4 heteroatoms. The van der Waals surface area contributed by atoms with E-state index in [4.69, 9.17) is 4.74 Å². The molecule has 0 aliphatic heterocycles. The van der Waals surface area contributed by atoms with Gasteiger partial charge in [-0.3, -0.25) is 4.79 Å². The highest BCUT2D eigenvalue weighted by Crippen LogP contribution is 2.13. The van der Waals surface area contributed by atoms with Crippen LogP contribution in [0.15, 0.2) is 24.3 Å². The third kappa shape index (κ3) is 5.58. The normalized spacial score (nSPS) is 12.9. The van der Waals surface area contributed by atoms with Crippen molar-refractivity contribution in [1.29, 1.82) is 0 Å². The zero-order valence-electron chi connectivity index (χ0n) is 13.7. The smallest absolute Gasteiger partial charge is 0.338 e. The first-order valence-corrected chi connectivity index (χ1v) is 7.20. The van der Waals surface area contributed by atoms with Gasteiger partial charge in [-0.05, 0) is 45.7 Å². The van der Waals surface area contributed by atoms with Crippen molar-refractivity contribution >= 4 is 11.9 Å². The molecular formula is C17H25NO3. The molecule has 0 radical (unpaired) electrons. The lowest BCUT2D eigenvalue weighted by Crippen LogP contribution is -2.48. The van der Waals surface area contributed by atoms with Crippen LogP contribution in [0.2, 0.25) is 0 Å². The Kier molecular flexibility index (Phi) is 5.53. The molecule has 1 N–H and O–H groups in total. The third-order valence-corrected chi connectivity index (χ3v) is 2.88. The Morgan fingerprint density at radius 2 is 1.62 bits per heavy atom. The van der Waals surface area contributed by atoms with E-state index in [2.05, 4.69) is 5.32 Å². The first-order valence-electron chi connectivity index (χ1n) is 7.20. The van der Waals surface area contributed by atoms with E-state index in [-0.39, 0.29) is 17.4 Å². The maximum atomic E-state index is 12.2. The van der Waals surface area contributed by atoms with E-state index < -0.39 is 12.1 Å². The van der Waals surface area contributed by atoms with Crippen molar-refractivity contribution in [2.75, 3.05) is 0 Å². The van der Waals surface area contributed by atoms with E-state index in [1.165, 1.54) is 0 Å². The second kappa shape index (κ2) is 6.74. The van der Waals surface area contributed by atoms with E-state index in [1.807, 2.05) is 53.7 Å². The number of hydrogen-bond acceptors (Lipinski definition) is 3. The molecule has 0 spiro atoms. The summed E-state index contributed by atoms with van der Waals surface area (Å²) in [7, 11) is 0. The standard InChI is InChI=1S/C17H25NO3/c1-11(2)14(15(19)18-17(4,5)6)21-16(20)13-9-7-12(3)8-10-13/h7-11,14H,1-6H3,(H,18,19). The number of amides is 1. The average molecular weight is 291 g/mol. The Hall–Kier alpha value is -1.84. The predicted molar refractivity (Wildman–Crippen MR) is 83.1 cm³/mol. The van der Waals surface area contributed by atoms with Crippen molar-refractivity contribution < 1.29 is 14.3 Å². The number of rotatable bonds is 4. The van der Waals surface area contributed by atoms with Gasteiger partial charge in [-0.1, -0.05) is 31.5 Å². The third-order valence-electron chi connectivity index (χ3n) is 2.88. The van der Waals surface area contributed by atoms with Gasteiger partial charge in [-0.25, -0.2) is 4.79 Å². The quantitative estimate of drug-likeness (QED) is 0.867. The molecule has 1 amide bonds. The topological polar surface area (TPSA) is 55.4 Å². The van der Waals surface area contributed by atoms with Crippen LogP contribution in [0, 0.1) is 12.8 Å². The van der Waals surface area contributed by atoms with Gasteiger partial charge in [-0.15, -0.1) is 0 Å². The Morgan fingerprint density at radius 1 is 1.10 bits per heavy atom. The lowest BCUT2D eigenvalue weighted by atomic mass is 10.0. The van der Waals surface area contributed by atoms with Crippen LogP contribution in [0.1, 0.15) is 50.5 Å². The van der Waals surface area contributed by atoms with Crippen LogP contribution in [0.5, 0.6) is 0 Å². The molecule has 1 unspecified atom stereocenters. The van der Waals surface area contributed by atoms with Gasteiger partial charge >= 0.3 is 5.97 Å². The van der Waals surface area contributed by atoms with Crippen LogP contribution in [-0.4, -0.2) is 23.5 Å². The van der Waals surface area contributed by atoms with Gasteiger partial charge in [0.15, 0.2) is 6.10 Å². The summed E-state index contributed by atoms with van der Waals surface area (Å²) in [6, 6.07) is 7.10. The van der Waals surface area contributed by atoms with Crippen molar-refractivity contribution in [1.82, 2.24) is 5.32 Å². The van der Waals surface area contributed by atoms with E-state index in [9.17, 15) is 9.59 Å². The summed E-state index contributed by atoms with van der Waals surface area (Å²) >= 11 is 0. The minimum atomic E-state index is -0.793. The molecule has 1 atom stereocenters. The fraction of sp³-hybridized carbons (Fsp3) is 0.529. The molecule has 0 fully saturated rings. The number of ether oxygens (including phenoxy) is 1. The number of carbonyl (C=O) groups excluding carboxylic acids is 2. The molecule has 0 aromatic heterocycles. The number of esters is 1. The Balaban J connectivity index is 2.81. The van der Waals surface area contributed by atoms with Gasteiger partial charge in [0, 0.05) is 5.54 Å². The number of benzene rings is 1. The number of nitrogens with one attached hydrogen (secondary N) is 1. The van der Waals surface area contributed by atoms with Crippen LogP contribution >= 0.6 is 0 Å². The van der Waals surface area contributed by atoms with Crippen LogP contribution in [0.3, 0.4) is 0 Å². The molecule has 21 heavy (non-hydrogen) atoms. The molecule has 0 saturated heterocycles. The summed E-state index contributed by atoms with van der Waals surface area (Å²) in [5.41, 5.74) is 1.16. The van der Waals surface area contributed by atoms with Crippen molar-refractivity contribution in [3.05, 3.63) is 35.4 Å². The van der Waals surface area contributed by atoms with Crippen LogP contribution in [-0.2, 0) is 9.53 Å². The van der Waals surface area contributed by atoms with Crippen molar-refractivity contribution in [3.8, 4) is 0 Å². The SMILES string of the molecule is Cc1ccc(C(=O)OC(C(=O)NC(C)(C)C)C(C)C)cc1. The summed E-state index contributed by atoms with van der Waals surface area (Å²) in [4.78, 5) is 24.4. The largest absolute Gasteiger partial charge is 0.448 e. The van der Waals surface area contributed by atoms with Crippen LogP contribution in [0.25, 0.3) is 0 Å². The molecule has 0 aliphatic carbocycles. The Labute approximate surface area is 126 Å². The van der Waals surface area contributed by atoms with E-state index in [0.717, 1.165) is 5.56 Å². The van der Waals surface area contributed by atoms with Gasteiger partial charge in [0.05, 0.1) is 5.56 Å². The molecule has 1 aromatic rings. The monoisotopic (exact) mass is 291 g/mol. The fourth-order valence-electron chi connectivity index (χ4n) is 1.81. The summed E-state index contributed by atoms with van der Waals surface area (Å²) in [6.45, 7) is 11.3. The van der Waals surface area contributed by atoms with Gasteiger partial charge in [0.1, 0.15) is 0 Å². The Bertz CT molecular complexity index is 498. The first kappa shape index (κ1) is 17.2. The van der Waals surface area contributed by atoms with Crippen molar-refractivity contribution in [2.24, 2.45) is 5.92 Å². The number of carbonyl (C=O) groups is 2. The van der Waals surface area contributed by atoms with Gasteiger partial charge in [-0.2, -0.15) is 0 Å². The summed E-state index contributed by atoms with van der Waals surface area (Å²) in [6.07, 6.45) is -0.793. The van der Waals surface area contributed by atoms with Gasteiger partial charge < -0.3 is 10.1 Å². The van der Waals surface area contributed by atoms with Gasteiger partial charge in [0.25, 0.3) is 5.91 Å². The summed E-state index contributed by atoms with van der Waals surface area (Å²) in [5, 5.41) is 2.85. The number of hydrogen-bond donors (Lipinski definition) is 1. The second-order valence-electron chi connectivity index (χ2n) is 6.68. The highest BCUT2D eigenvalue weighted by atomic mass is 16.5. The van der Waals surface area contributed by atoms with E-state index >= 15 is 0 Å². The molecular weight excluding hydrogens is 266 g/mol. The average Bonchev–Trinajstić information content (AvgIpc) is 2.33. The highest BCUT2D eigenvalue weighted by Gasteiger charge is 2.29. The maximum Gasteiger partial charge on any atom is 0.338 e. The lowest BCUT2D eigenvalue weighted by Gasteiger charge is -2.26. The number of aryl methyl sites for hydroxylation is 1. The second-order valence-corrected chi connectivity index (χ2v) is 6.68. The molecule has 1 rings (SSSR count). The lowest BCUT2D eigenvalue weighted by molar-refractivity contribution is -0.133. The summed E-state index contributed by atoms with van der Waals surface area (Å²) in [5.74, 6) is -0.836. The molecule has 4 nitrogen and oxygen atoms in total. The van der Waals surface area contributed by atoms with Crippen LogP contribution < -0.4 is 5.32 Å². The fourth-order valence-corrected chi connectivity index (χ4v) is 1.81. The van der Waals surface area contributed by atoms with Gasteiger partial charge in [0.2, 0.25) is 0 Å². The van der Waals surface area contributed by atoms with Crippen molar-refractivity contribution in [3.63, 3.8) is 0 Å². The highest BCUT2D eigenvalue weighted by molar-refractivity contribution is 5.92. The minimum Gasteiger partial charge on any atom is -0.448 e. The Morgan fingerprint density at radius 3 is 2.05 bits per heavy atom. The zero-order chi connectivity index (χ0) is 16.2. The van der Waals surface area contributed by atoms with Crippen LogP contribution in [0.4, 0.5) is 0 Å². The van der Waals surface area contributed by atoms with Crippen molar-refractivity contribution in [2.45, 2.75) is 53.2 Å². The predicted octanol–water partition coefficient (Wildman–Crippen LogP) is 3.09. The van der Waals surface area contributed by atoms with E-state index in [1.54, 1.807) is 12.1 Å². The van der Waals surface area contributed by atoms with E-state index in [0.29, 0.717) is 5.56 Å². The molecule has 0 saturated carbocycles. The molecule has 0 aliphatic rings. The first-order chi connectivity index (χ1) is 9.60.